The first-order valence-corrected chi connectivity index (χ1v) is 7.33. The zero-order valence-electron chi connectivity index (χ0n) is 12.7. The molecule has 5 nitrogen and oxygen atoms in total. The highest BCUT2D eigenvalue weighted by Crippen LogP contribution is 2.35. The standard InChI is InChI=1S/C15H20F3N3O2/c1-10-4-3-7-14(10,22)9-20-13(19)21-11-5-2-6-12(8-11)23-15(16,17)18/h2,5-6,8,10,22H,3-4,7,9H2,1H3,(H3,19,20,21). The SMILES string of the molecule is CC1CCCC1(O)CN=C(N)Nc1cccc(OC(F)(F)F)c1. The Morgan fingerprint density at radius 1 is 1.52 bits per heavy atom. The van der Waals surface area contributed by atoms with Crippen molar-refractivity contribution in [2.24, 2.45) is 16.6 Å². The van der Waals surface area contributed by atoms with Crippen LogP contribution >= 0.6 is 0 Å². The number of anilines is 1. The summed E-state index contributed by atoms with van der Waals surface area (Å²) in [6.07, 6.45) is -2.20. The third-order valence-electron chi connectivity index (χ3n) is 4.03. The highest BCUT2D eigenvalue weighted by atomic mass is 19.4. The van der Waals surface area contributed by atoms with Gasteiger partial charge in [0.05, 0.1) is 12.1 Å². The molecule has 1 fully saturated rings. The van der Waals surface area contributed by atoms with E-state index < -0.39 is 12.0 Å². The summed E-state index contributed by atoms with van der Waals surface area (Å²) in [6, 6.07) is 5.31. The third-order valence-corrected chi connectivity index (χ3v) is 4.03. The number of hydrogen-bond acceptors (Lipinski definition) is 3. The first-order chi connectivity index (χ1) is 10.7. The second-order valence-electron chi connectivity index (χ2n) is 5.80. The molecular weight excluding hydrogens is 311 g/mol. The Morgan fingerprint density at radius 3 is 2.87 bits per heavy atom. The van der Waals surface area contributed by atoms with Crippen LogP contribution in [0.15, 0.2) is 29.3 Å². The maximum atomic E-state index is 12.2. The minimum Gasteiger partial charge on any atom is -0.406 e. The molecule has 8 heteroatoms. The number of benzene rings is 1. The lowest BCUT2D eigenvalue weighted by Crippen LogP contribution is -2.36. The van der Waals surface area contributed by atoms with Gasteiger partial charge in [-0.2, -0.15) is 0 Å². The van der Waals surface area contributed by atoms with E-state index in [4.69, 9.17) is 5.73 Å². The second-order valence-corrected chi connectivity index (χ2v) is 5.80. The summed E-state index contributed by atoms with van der Waals surface area (Å²) in [7, 11) is 0. The minimum atomic E-state index is -4.75. The van der Waals surface area contributed by atoms with E-state index in [1.165, 1.54) is 18.2 Å². The highest BCUT2D eigenvalue weighted by Gasteiger charge is 2.37. The number of nitrogens with one attached hydrogen (secondary N) is 1. The lowest BCUT2D eigenvalue weighted by molar-refractivity contribution is -0.274. The van der Waals surface area contributed by atoms with Crippen LogP contribution in [0.3, 0.4) is 0 Å². The van der Waals surface area contributed by atoms with E-state index in [2.05, 4.69) is 15.0 Å². The van der Waals surface area contributed by atoms with Crippen molar-refractivity contribution in [3.63, 3.8) is 0 Å². The van der Waals surface area contributed by atoms with Crippen LogP contribution in [0.5, 0.6) is 5.75 Å². The van der Waals surface area contributed by atoms with E-state index in [1.807, 2.05) is 6.92 Å². The van der Waals surface area contributed by atoms with Crippen molar-refractivity contribution in [2.45, 2.75) is 38.1 Å². The Kier molecular flexibility index (Phi) is 5.03. The van der Waals surface area contributed by atoms with Crippen LogP contribution in [-0.2, 0) is 0 Å². The van der Waals surface area contributed by atoms with Gasteiger partial charge in [-0.1, -0.05) is 19.4 Å². The van der Waals surface area contributed by atoms with Crippen molar-refractivity contribution >= 4 is 11.6 Å². The average molecular weight is 331 g/mol. The highest BCUT2D eigenvalue weighted by molar-refractivity contribution is 5.92. The summed E-state index contributed by atoms with van der Waals surface area (Å²) in [6.45, 7) is 2.12. The number of aliphatic hydroxyl groups is 1. The molecule has 128 valence electrons. The summed E-state index contributed by atoms with van der Waals surface area (Å²) in [5.74, 6) is -0.178. The van der Waals surface area contributed by atoms with Gasteiger partial charge in [0.25, 0.3) is 0 Å². The number of hydrogen-bond donors (Lipinski definition) is 3. The Labute approximate surface area is 132 Å². The van der Waals surface area contributed by atoms with Gasteiger partial charge >= 0.3 is 6.36 Å². The Bertz CT molecular complexity index is 577. The van der Waals surface area contributed by atoms with Gasteiger partial charge < -0.3 is 20.9 Å². The lowest BCUT2D eigenvalue weighted by Gasteiger charge is -2.25. The topological polar surface area (TPSA) is 79.9 Å². The molecule has 2 rings (SSSR count). The van der Waals surface area contributed by atoms with Crippen LogP contribution in [0, 0.1) is 5.92 Å². The van der Waals surface area contributed by atoms with Crippen molar-refractivity contribution < 1.29 is 23.0 Å². The molecule has 0 spiro atoms. The van der Waals surface area contributed by atoms with Gasteiger partial charge in [0.15, 0.2) is 5.96 Å². The third kappa shape index (κ3) is 5.02. The number of nitrogens with two attached hydrogens (primary N) is 1. The average Bonchev–Trinajstić information content (AvgIpc) is 2.75. The van der Waals surface area contributed by atoms with Crippen LogP contribution in [0.1, 0.15) is 26.2 Å². The minimum absolute atomic E-state index is 0.0293. The number of halogens is 3. The van der Waals surface area contributed by atoms with Gasteiger partial charge in [0.2, 0.25) is 0 Å². The van der Waals surface area contributed by atoms with Crippen LogP contribution < -0.4 is 15.8 Å². The number of alkyl halides is 3. The zero-order valence-corrected chi connectivity index (χ0v) is 12.7. The lowest BCUT2D eigenvalue weighted by atomic mass is 9.93. The fourth-order valence-electron chi connectivity index (χ4n) is 2.64. The van der Waals surface area contributed by atoms with E-state index >= 15 is 0 Å². The van der Waals surface area contributed by atoms with Crippen molar-refractivity contribution in [2.75, 3.05) is 11.9 Å². The molecule has 0 amide bonds. The van der Waals surface area contributed by atoms with Gasteiger partial charge in [0, 0.05) is 11.8 Å². The largest absolute Gasteiger partial charge is 0.573 e. The van der Waals surface area contributed by atoms with Gasteiger partial charge in [0.1, 0.15) is 5.75 Å². The molecule has 1 aliphatic rings. The van der Waals surface area contributed by atoms with E-state index in [1.54, 1.807) is 6.07 Å². The molecule has 1 saturated carbocycles. The fraction of sp³-hybridized carbons (Fsp3) is 0.533. The maximum absolute atomic E-state index is 12.2. The van der Waals surface area contributed by atoms with Crippen molar-refractivity contribution in [3.8, 4) is 5.75 Å². The molecule has 2 atom stereocenters. The fourth-order valence-corrected chi connectivity index (χ4v) is 2.64. The first kappa shape index (κ1) is 17.4. The van der Waals surface area contributed by atoms with Gasteiger partial charge in [-0.3, -0.25) is 4.99 Å². The number of guanidine groups is 1. The predicted molar refractivity (Wildman–Crippen MR) is 81.2 cm³/mol. The maximum Gasteiger partial charge on any atom is 0.573 e. The van der Waals surface area contributed by atoms with Gasteiger partial charge in [-0.15, -0.1) is 13.2 Å². The zero-order chi connectivity index (χ0) is 17.1. The number of aliphatic imine (C=N–C) groups is 1. The number of nitrogens with zero attached hydrogens (tertiary/aromatic N) is 1. The molecule has 4 N–H and O–H groups in total. The molecule has 1 aromatic carbocycles. The first-order valence-electron chi connectivity index (χ1n) is 7.33. The molecule has 2 unspecified atom stereocenters. The summed E-state index contributed by atoms with van der Waals surface area (Å²) < 4.78 is 40.4. The molecule has 0 heterocycles. The van der Waals surface area contributed by atoms with Crippen LogP contribution in [0.4, 0.5) is 18.9 Å². The molecule has 1 aromatic rings. The normalized spacial score (nSPS) is 25.4. The predicted octanol–water partition coefficient (Wildman–Crippen LogP) is 2.86. The Balaban J connectivity index is 1.98. The van der Waals surface area contributed by atoms with Crippen LogP contribution in [-0.4, -0.2) is 29.6 Å². The van der Waals surface area contributed by atoms with E-state index in [0.717, 1.165) is 12.8 Å². The number of rotatable bonds is 4. The van der Waals surface area contributed by atoms with Crippen LogP contribution in [0.2, 0.25) is 0 Å². The molecule has 0 aromatic heterocycles. The Morgan fingerprint density at radius 2 is 2.26 bits per heavy atom. The van der Waals surface area contributed by atoms with E-state index in [-0.39, 0.29) is 24.2 Å². The quantitative estimate of drug-likeness (QED) is 0.585. The van der Waals surface area contributed by atoms with Crippen molar-refractivity contribution in [3.05, 3.63) is 24.3 Å². The molecule has 0 saturated heterocycles. The van der Waals surface area contributed by atoms with Gasteiger partial charge in [-0.05, 0) is 30.9 Å². The van der Waals surface area contributed by atoms with E-state index in [0.29, 0.717) is 12.1 Å². The number of ether oxygens (including phenoxy) is 1. The molecule has 0 radical (unpaired) electrons. The monoisotopic (exact) mass is 331 g/mol. The molecule has 1 aliphatic carbocycles. The van der Waals surface area contributed by atoms with Crippen LogP contribution in [0.25, 0.3) is 0 Å². The molecule has 0 aliphatic heterocycles. The van der Waals surface area contributed by atoms with Crippen molar-refractivity contribution in [1.82, 2.24) is 0 Å². The summed E-state index contributed by atoms with van der Waals surface area (Å²) >= 11 is 0. The molecule has 23 heavy (non-hydrogen) atoms. The second kappa shape index (κ2) is 6.66. The molecular formula is C15H20F3N3O2. The summed E-state index contributed by atoms with van der Waals surface area (Å²) in [5, 5.41) is 13.1. The summed E-state index contributed by atoms with van der Waals surface area (Å²) in [5.41, 5.74) is 5.18. The van der Waals surface area contributed by atoms with E-state index in [9.17, 15) is 18.3 Å². The molecule has 0 bridgehead atoms. The van der Waals surface area contributed by atoms with Gasteiger partial charge in [-0.25, -0.2) is 0 Å². The Hall–Kier alpha value is -1.96. The summed E-state index contributed by atoms with van der Waals surface area (Å²) in [4.78, 5) is 4.10. The van der Waals surface area contributed by atoms with Crippen molar-refractivity contribution in [1.29, 1.82) is 0 Å². The smallest absolute Gasteiger partial charge is 0.406 e.